The fourth-order valence-corrected chi connectivity index (χ4v) is 6.77. The van der Waals surface area contributed by atoms with Crippen molar-refractivity contribution in [2.24, 2.45) is 0 Å². The standard InChI is InChI=1S/C46H32N8O2/c55-43-35-37(41(49-29-17-5-1-6-18-29)45(51-31-21-9-3-10-22-31)53-39(35)33-25-13-15-27-47-33)44(56)38-36(43)40(34-26-14-16-28-48-34)54-46(52-32-23-11-4-12-24-32)42(38)50-30-19-7-2-8-20-30/h1-28,49-50H,(H,51,53)(H,52,54)/i49+1,50+1,51+1,52+1. The number of pyridine rings is 4. The van der Waals surface area contributed by atoms with Crippen LogP contribution in [0.5, 0.6) is 0 Å². The molecule has 56 heavy (non-hydrogen) atoms. The molecule has 0 spiro atoms. The number of benzene rings is 4. The number of carbonyl (C=O) groups excluding carboxylic acids is 2. The second-order valence-corrected chi connectivity index (χ2v) is 12.9. The van der Waals surface area contributed by atoms with Gasteiger partial charge < -0.3 is 21.3 Å². The first-order valence-electron chi connectivity index (χ1n) is 18.0. The number of nitrogens with zero attached hydrogens (tertiary/aromatic N) is 4. The highest BCUT2D eigenvalue weighted by Crippen LogP contribution is 2.47. The molecule has 0 atom stereocenters. The fourth-order valence-electron chi connectivity index (χ4n) is 6.77. The third-order valence-corrected chi connectivity index (χ3v) is 9.28. The summed E-state index contributed by atoms with van der Waals surface area (Å²) in [5, 5.41) is 13.8. The average Bonchev–Trinajstić information content (AvgIpc) is 3.25. The van der Waals surface area contributed by atoms with Crippen molar-refractivity contribution in [2.75, 3.05) is 21.3 Å². The summed E-state index contributed by atoms with van der Waals surface area (Å²) in [7, 11) is 0. The molecule has 4 aromatic heterocycles. The topological polar surface area (TPSA) is 134 Å². The maximum atomic E-state index is 15.9. The van der Waals surface area contributed by atoms with Crippen LogP contribution < -0.4 is 21.3 Å². The zero-order chi connectivity index (χ0) is 37.8. The second kappa shape index (κ2) is 14.8. The molecule has 268 valence electrons. The number of aromatic nitrogens is 4. The molecule has 10 nitrogen and oxygen atoms in total. The molecule has 4 heterocycles. The largest absolute Gasteiger partial charge is 0.352 e. The highest BCUT2D eigenvalue weighted by atomic mass is 16.1. The minimum atomic E-state index is -0.444. The molecule has 0 amide bonds. The Kier molecular flexibility index (Phi) is 8.94. The van der Waals surface area contributed by atoms with E-state index in [-0.39, 0.29) is 33.6 Å². The smallest absolute Gasteiger partial charge is 0.199 e. The lowest BCUT2D eigenvalue weighted by atomic mass is 9.80. The third-order valence-electron chi connectivity index (χ3n) is 9.28. The fraction of sp³-hybridized carbons (Fsp3) is 0. The van der Waals surface area contributed by atoms with Crippen molar-refractivity contribution in [3.8, 4) is 22.8 Å². The molecule has 0 unspecified atom stereocenters. The Labute approximate surface area is 322 Å². The molecule has 0 radical (unpaired) electrons. The van der Waals surface area contributed by atoms with Crippen LogP contribution in [0.15, 0.2) is 170 Å². The van der Waals surface area contributed by atoms with Gasteiger partial charge in [0.1, 0.15) is 11.4 Å². The molecular formula is C46H32N8O2. The van der Waals surface area contributed by atoms with Crippen molar-refractivity contribution in [3.63, 3.8) is 0 Å². The zero-order valence-electron chi connectivity index (χ0n) is 29.8. The van der Waals surface area contributed by atoms with Crippen LogP contribution in [-0.2, 0) is 0 Å². The van der Waals surface area contributed by atoms with Gasteiger partial charge in [0.25, 0.3) is 0 Å². The first-order valence-corrected chi connectivity index (χ1v) is 18.0. The van der Waals surface area contributed by atoms with E-state index in [2.05, 4.69) is 31.2 Å². The number of carbonyl (C=O) groups is 2. The maximum absolute atomic E-state index is 15.9. The molecule has 8 aromatic rings. The summed E-state index contributed by atoms with van der Waals surface area (Å²) in [6.07, 6.45) is 3.27. The quantitative estimate of drug-likeness (QED) is 0.101. The van der Waals surface area contributed by atoms with E-state index in [4.69, 9.17) is 9.97 Å². The van der Waals surface area contributed by atoms with E-state index in [1.165, 1.54) is 0 Å². The van der Waals surface area contributed by atoms with E-state index < -0.39 is 11.6 Å². The molecule has 9 rings (SSSR count). The first-order chi connectivity index (χ1) is 27.6. The van der Waals surface area contributed by atoms with Crippen molar-refractivity contribution >= 4 is 57.3 Å². The molecule has 4 N–H and O–H groups in total. The Hall–Kier alpha value is -7.98. The summed E-state index contributed by atoms with van der Waals surface area (Å²) < 4.78 is 0. The van der Waals surface area contributed by atoms with Gasteiger partial charge in [0, 0.05) is 35.1 Å². The van der Waals surface area contributed by atoms with Gasteiger partial charge in [-0.25, -0.2) is 9.97 Å². The van der Waals surface area contributed by atoms with Gasteiger partial charge >= 0.3 is 0 Å². The second-order valence-electron chi connectivity index (χ2n) is 12.9. The lowest BCUT2D eigenvalue weighted by Gasteiger charge is -2.29. The molecular weight excluding hydrogens is 701 g/mol. The van der Waals surface area contributed by atoms with E-state index >= 15 is 9.59 Å². The highest BCUT2D eigenvalue weighted by Gasteiger charge is 2.42. The van der Waals surface area contributed by atoms with E-state index in [1.54, 1.807) is 36.7 Å². The Balaban J connectivity index is 1.38. The third kappa shape index (κ3) is 6.48. The van der Waals surface area contributed by atoms with Gasteiger partial charge in [-0.05, 0) is 72.8 Å². The van der Waals surface area contributed by atoms with Crippen LogP contribution in [0.4, 0.5) is 45.8 Å². The van der Waals surface area contributed by atoms with Crippen molar-refractivity contribution in [2.45, 2.75) is 0 Å². The van der Waals surface area contributed by atoms with Crippen LogP contribution >= 0.6 is 0 Å². The maximum Gasteiger partial charge on any atom is 0.199 e. The lowest BCUT2D eigenvalue weighted by molar-refractivity contribution is 0.0980. The van der Waals surface area contributed by atoms with Gasteiger partial charge in [0.2, 0.25) is 0 Å². The molecule has 0 fully saturated rings. The van der Waals surface area contributed by atoms with Crippen molar-refractivity contribution in [3.05, 3.63) is 192 Å². The first kappa shape index (κ1) is 33.8. The van der Waals surface area contributed by atoms with E-state index in [0.717, 1.165) is 11.4 Å². The van der Waals surface area contributed by atoms with Crippen molar-refractivity contribution in [1.82, 2.24) is 19.9 Å². The van der Waals surface area contributed by atoms with E-state index in [1.807, 2.05) is 133 Å². The van der Waals surface area contributed by atoms with Crippen LogP contribution in [0.1, 0.15) is 31.8 Å². The van der Waals surface area contributed by atoms with Crippen molar-refractivity contribution in [1.29, 1.82) is 0 Å². The summed E-state index contributed by atoms with van der Waals surface area (Å²) in [6, 6.07) is 48.8. The number of fused-ring (bicyclic) bond motifs is 2. The van der Waals surface area contributed by atoms with Crippen LogP contribution in [-0.4, -0.2) is 31.5 Å². The molecule has 0 saturated carbocycles. The number of nitrogens with one attached hydrogen (secondary N) is 4. The van der Waals surface area contributed by atoms with E-state index in [9.17, 15) is 0 Å². The Morgan fingerprint density at radius 2 is 0.661 bits per heavy atom. The molecule has 0 saturated heterocycles. The van der Waals surface area contributed by atoms with Crippen LogP contribution in [0.3, 0.4) is 0 Å². The average molecular weight is 733 g/mol. The monoisotopic (exact) mass is 732 g/mol. The number of hydrogen-bond donors (Lipinski definition) is 4. The summed E-state index contributed by atoms with van der Waals surface area (Å²) in [6.45, 7) is 0. The summed E-state index contributed by atoms with van der Waals surface area (Å²) in [4.78, 5) is 50.9. The molecule has 0 bridgehead atoms. The Morgan fingerprint density at radius 3 is 1.00 bits per heavy atom. The summed E-state index contributed by atoms with van der Waals surface area (Å²) in [5.74, 6) is -0.190. The molecule has 1 aliphatic carbocycles. The molecule has 1 aliphatic rings. The minimum absolute atomic E-state index is 0.103. The lowest BCUT2D eigenvalue weighted by Crippen LogP contribution is -2.28. The van der Waals surface area contributed by atoms with Gasteiger partial charge in [0.15, 0.2) is 23.2 Å². The molecule has 10 heteroatoms. The highest BCUT2D eigenvalue weighted by molar-refractivity contribution is 6.36. The van der Waals surface area contributed by atoms with Crippen molar-refractivity contribution < 1.29 is 9.59 Å². The van der Waals surface area contributed by atoms with Gasteiger partial charge in [-0.2, -0.15) is 0 Å². The van der Waals surface area contributed by atoms with E-state index in [0.29, 0.717) is 45.8 Å². The number of para-hydroxylation sites is 4. The van der Waals surface area contributed by atoms with Gasteiger partial charge in [-0.3, -0.25) is 19.6 Å². The van der Waals surface area contributed by atoms with Crippen LogP contribution in [0.2, 0.25) is 0 Å². The number of ketones is 2. The normalized spacial score (nSPS) is 11.6. The Bertz CT molecular complexity index is 2510. The predicted octanol–water partition coefficient (Wildman–Crippen LogP) is 10.4. The Morgan fingerprint density at radius 1 is 0.339 bits per heavy atom. The minimum Gasteiger partial charge on any atom is -0.352 e. The zero-order valence-corrected chi connectivity index (χ0v) is 29.8. The number of hydrogen-bond acceptors (Lipinski definition) is 10. The van der Waals surface area contributed by atoms with Gasteiger partial charge in [-0.1, -0.05) is 84.9 Å². The van der Waals surface area contributed by atoms with Gasteiger partial charge in [0.05, 0.1) is 45.0 Å². The van der Waals surface area contributed by atoms with Crippen LogP contribution in [0.25, 0.3) is 22.8 Å². The predicted molar refractivity (Wildman–Crippen MR) is 221 cm³/mol. The number of anilines is 8. The SMILES string of the molecule is O=C1c2c(-c3ccccn3)nc([15NH]c3ccccc3)c([15NH]c3ccccc3)c2C(=O)c2c([15NH]c3ccccc3)c([15NH]c3ccccc3)nc(-c3ccccn3)c21. The summed E-state index contributed by atoms with van der Waals surface area (Å²) >= 11 is 0. The summed E-state index contributed by atoms with van der Waals surface area (Å²) in [5.41, 5.74) is 5.36. The number of rotatable bonds is 10. The molecule has 0 aliphatic heterocycles. The van der Waals surface area contributed by atoms with Gasteiger partial charge in [-0.15, -0.1) is 0 Å². The van der Waals surface area contributed by atoms with Crippen LogP contribution in [0, 0.1) is 0 Å². The molecule has 4 aromatic carbocycles.